The maximum absolute atomic E-state index is 4.03. The molecule has 3 nitrogen and oxygen atoms in total. The molecule has 0 atom stereocenters. The van der Waals surface area contributed by atoms with Crippen molar-refractivity contribution in [2.45, 2.75) is 13.5 Å². The van der Waals surface area contributed by atoms with Gasteiger partial charge in [-0.1, -0.05) is 0 Å². The van der Waals surface area contributed by atoms with Gasteiger partial charge in [-0.05, 0) is 6.92 Å². The van der Waals surface area contributed by atoms with Crippen molar-refractivity contribution < 1.29 is 0 Å². The minimum atomic E-state index is 1.06. The predicted molar refractivity (Wildman–Crippen MR) is 55.9 cm³/mol. The Morgan fingerprint density at radius 2 is 2.31 bits per heavy atom. The fraction of sp³-hybridized carbons (Fsp3) is 0.667. The first kappa shape index (κ1) is 9.09. The second-order valence-electron chi connectivity index (χ2n) is 3.41. The minimum absolute atomic E-state index is 1.06. The molecule has 1 aliphatic rings. The highest BCUT2D eigenvalue weighted by molar-refractivity contribution is 7.99. The lowest BCUT2D eigenvalue weighted by atomic mass is 10.2. The van der Waals surface area contributed by atoms with Gasteiger partial charge in [0.2, 0.25) is 0 Å². The van der Waals surface area contributed by atoms with Crippen LogP contribution in [0.5, 0.6) is 0 Å². The summed E-state index contributed by atoms with van der Waals surface area (Å²) in [7, 11) is 0. The summed E-state index contributed by atoms with van der Waals surface area (Å²) in [6, 6.07) is 0. The second-order valence-corrected chi connectivity index (χ2v) is 4.63. The van der Waals surface area contributed by atoms with Gasteiger partial charge in [-0.15, -0.1) is 0 Å². The van der Waals surface area contributed by atoms with Gasteiger partial charge in [0.15, 0.2) is 0 Å². The Balaban J connectivity index is 1.93. The van der Waals surface area contributed by atoms with E-state index in [-0.39, 0.29) is 0 Å². The molecule has 1 aliphatic heterocycles. The lowest BCUT2D eigenvalue weighted by Gasteiger charge is -2.25. The highest BCUT2D eigenvalue weighted by Gasteiger charge is 2.12. The molecule has 0 spiro atoms. The maximum atomic E-state index is 4.03. The zero-order chi connectivity index (χ0) is 9.10. The van der Waals surface area contributed by atoms with Crippen LogP contribution < -0.4 is 0 Å². The van der Waals surface area contributed by atoms with Crippen LogP contribution in [-0.4, -0.2) is 39.7 Å². The number of aromatic nitrogens is 2. The molecule has 0 amide bonds. The van der Waals surface area contributed by atoms with Crippen LogP contribution in [0.4, 0.5) is 0 Å². The van der Waals surface area contributed by atoms with Crippen molar-refractivity contribution in [3.8, 4) is 0 Å². The van der Waals surface area contributed by atoms with Gasteiger partial charge in [-0.3, -0.25) is 10.00 Å². The van der Waals surface area contributed by atoms with Gasteiger partial charge in [0.25, 0.3) is 0 Å². The molecule has 0 aliphatic carbocycles. The summed E-state index contributed by atoms with van der Waals surface area (Å²) in [5.74, 6) is 2.55. The van der Waals surface area contributed by atoms with Crippen molar-refractivity contribution in [2.75, 3.05) is 24.6 Å². The minimum Gasteiger partial charge on any atom is -0.297 e. The fourth-order valence-electron chi connectivity index (χ4n) is 1.54. The maximum Gasteiger partial charge on any atom is 0.0535 e. The molecule has 1 saturated heterocycles. The standard InChI is InChI=1S/C9H15N3S/c1-8-9(6-10-11-8)7-12-2-4-13-5-3-12/h6H,2-5,7H2,1H3,(H,10,11). The first-order valence-electron chi connectivity index (χ1n) is 4.65. The van der Waals surface area contributed by atoms with Gasteiger partial charge in [-0.25, -0.2) is 0 Å². The molecule has 1 N–H and O–H groups in total. The van der Waals surface area contributed by atoms with E-state index in [2.05, 4.69) is 33.8 Å². The number of hydrogen-bond acceptors (Lipinski definition) is 3. The highest BCUT2D eigenvalue weighted by atomic mass is 32.2. The average Bonchev–Trinajstić information content (AvgIpc) is 2.54. The van der Waals surface area contributed by atoms with E-state index >= 15 is 0 Å². The summed E-state index contributed by atoms with van der Waals surface area (Å²) in [5, 5.41) is 7.01. The fourth-order valence-corrected chi connectivity index (χ4v) is 2.51. The Morgan fingerprint density at radius 3 is 2.92 bits per heavy atom. The Labute approximate surface area is 82.9 Å². The van der Waals surface area contributed by atoms with Crippen LogP contribution in [0.3, 0.4) is 0 Å². The first-order valence-corrected chi connectivity index (χ1v) is 5.80. The van der Waals surface area contributed by atoms with E-state index in [0.29, 0.717) is 0 Å². The number of nitrogens with zero attached hydrogens (tertiary/aromatic N) is 2. The van der Waals surface area contributed by atoms with E-state index in [4.69, 9.17) is 0 Å². The van der Waals surface area contributed by atoms with E-state index in [1.165, 1.54) is 35.9 Å². The van der Waals surface area contributed by atoms with E-state index in [9.17, 15) is 0 Å². The van der Waals surface area contributed by atoms with Crippen molar-refractivity contribution in [1.29, 1.82) is 0 Å². The smallest absolute Gasteiger partial charge is 0.0535 e. The zero-order valence-electron chi connectivity index (χ0n) is 7.92. The normalized spacial score (nSPS) is 19.2. The molecule has 1 aromatic heterocycles. The number of aromatic amines is 1. The van der Waals surface area contributed by atoms with Crippen LogP contribution in [0, 0.1) is 6.92 Å². The second kappa shape index (κ2) is 4.15. The number of rotatable bonds is 2. The lowest BCUT2D eigenvalue weighted by Crippen LogP contribution is -2.32. The van der Waals surface area contributed by atoms with Crippen LogP contribution in [-0.2, 0) is 6.54 Å². The number of hydrogen-bond donors (Lipinski definition) is 1. The largest absolute Gasteiger partial charge is 0.297 e. The van der Waals surface area contributed by atoms with Crippen molar-refractivity contribution in [2.24, 2.45) is 0 Å². The molecule has 0 unspecified atom stereocenters. The third kappa shape index (κ3) is 2.25. The number of nitrogens with one attached hydrogen (secondary N) is 1. The lowest BCUT2D eigenvalue weighted by molar-refractivity contribution is 0.294. The van der Waals surface area contributed by atoms with Crippen LogP contribution in [0.25, 0.3) is 0 Å². The molecule has 4 heteroatoms. The van der Waals surface area contributed by atoms with Gasteiger partial charge in [-0.2, -0.15) is 16.9 Å². The molecule has 13 heavy (non-hydrogen) atoms. The molecule has 0 bridgehead atoms. The molecule has 72 valence electrons. The Morgan fingerprint density at radius 1 is 1.54 bits per heavy atom. The Kier molecular flexibility index (Phi) is 2.90. The summed E-state index contributed by atoms with van der Waals surface area (Å²) in [6.07, 6.45) is 1.94. The number of thioether (sulfide) groups is 1. The Bertz CT molecular complexity index is 266. The van der Waals surface area contributed by atoms with Gasteiger partial charge in [0.1, 0.15) is 0 Å². The number of aryl methyl sites for hydroxylation is 1. The molecule has 0 aromatic carbocycles. The van der Waals surface area contributed by atoms with Crippen molar-refractivity contribution >= 4 is 11.8 Å². The molecular weight excluding hydrogens is 182 g/mol. The van der Waals surface area contributed by atoms with E-state index in [0.717, 1.165) is 6.54 Å². The SMILES string of the molecule is Cc1[nH]ncc1CN1CCSCC1. The van der Waals surface area contributed by atoms with Gasteiger partial charge in [0.05, 0.1) is 6.20 Å². The van der Waals surface area contributed by atoms with Crippen LogP contribution in [0.1, 0.15) is 11.3 Å². The summed E-state index contributed by atoms with van der Waals surface area (Å²) >= 11 is 2.05. The van der Waals surface area contributed by atoms with Gasteiger partial charge in [0, 0.05) is 42.4 Å². The quantitative estimate of drug-likeness (QED) is 0.774. The van der Waals surface area contributed by atoms with E-state index < -0.39 is 0 Å². The summed E-state index contributed by atoms with van der Waals surface area (Å²) in [4.78, 5) is 2.49. The monoisotopic (exact) mass is 197 g/mol. The predicted octanol–water partition coefficient (Wildman–Crippen LogP) is 1.27. The molecule has 1 aromatic rings. The molecule has 0 radical (unpaired) electrons. The van der Waals surface area contributed by atoms with Gasteiger partial charge >= 0.3 is 0 Å². The Hall–Kier alpha value is -0.480. The topological polar surface area (TPSA) is 31.9 Å². The van der Waals surface area contributed by atoms with Crippen molar-refractivity contribution in [3.05, 3.63) is 17.5 Å². The first-order chi connectivity index (χ1) is 6.36. The third-order valence-corrected chi connectivity index (χ3v) is 3.37. The highest BCUT2D eigenvalue weighted by Crippen LogP contribution is 2.13. The number of H-pyrrole nitrogens is 1. The zero-order valence-corrected chi connectivity index (χ0v) is 8.73. The summed E-state index contributed by atoms with van der Waals surface area (Å²) in [6.45, 7) is 5.58. The molecule has 1 fully saturated rings. The summed E-state index contributed by atoms with van der Waals surface area (Å²) in [5.41, 5.74) is 2.55. The molecule has 0 saturated carbocycles. The average molecular weight is 197 g/mol. The van der Waals surface area contributed by atoms with E-state index in [1.54, 1.807) is 0 Å². The third-order valence-electron chi connectivity index (χ3n) is 2.43. The molecule has 2 rings (SSSR count). The molecule has 2 heterocycles. The van der Waals surface area contributed by atoms with E-state index in [1.807, 2.05) is 6.20 Å². The van der Waals surface area contributed by atoms with Crippen LogP contribution in [0.2, 0.25) is 0 Å². The van der Waals surface area contributed by atoms with Crippen LogP contribution >= 0.6 is 11.8 Å². The van der Waals surface area contributed by atoms with Crippen molar-refractivity contribution in [1.82, 2.24) is 15.1 Å². The van der Waals surface area contributed by atoms with Crippen molar-refractivity contribution in [3.63, 3.8) is 0 Å². The molecular formula is C9H15N3S. The summed E-state index contributed by atoms with van der Waals surface area (Å²) < 4.78 is 0. The van der Waals surface area contributed by atoms with Crippen LogP contribution in [0.15, 0.2) is 6.20 Å². The van der Waals surface area contributed by atoms with Gasteiger partial charge < -0.3 is 0 Å².